The van der Waals surface area contributed by atoms with Crippen molar-refractivity contribution in [2.75, 3.05) is 14.1 Å². The number of rotatable bonds is 5. The molecule has 0 aromatic carbocycles. The van der Waals surface area contributed by atoms with Crippen molar-refractivity contribution in [3.8, 4) is 0 Å². The third-order valence-electron chi connectivity index (χ3n) is 2.76. The average molecular weight is 298 g/mol. The van der Waals surface area contributed by atoms with E-state index in [0.717, 1.165) is 0 Å². The highest BCUT2D eigenvalue weighted by Gasteiger charge is 2.24. The van der Waals surface area contributed by atoms with Gasteiger partial charge in [-0.1, -0.05) is 25.4 Å². The molecule has 20 heavy (non-hydrogen) atoms. The van der Waals surface area contributed by atoms with E-state index in [0.29, 0.717) is 11.4 Å². The number of halogens is 1. The number of nitrogens with one attached hydrogen (secondary N) is 1. The first kappa shape index (κ1) is 16.4. The van der Waals surface area contributed by atoms with Crippen LogP contribution >= 0.6 is 11.6 Å². The second-order valence-corrected chi connectivity index (χ2v) is 5.65. The maximum Gasteiger partial charge on any atom is 0.255 e. The van der Waals surface area contributed by atoms with E-state index in [-0.39, 0.29) is 23.3 Å². The molecule has 1 N–H and O–H groups in total. The zero-order valence-electron chi connectivity index (χ0n) is 12.2. The lowest BCUT2D eigenvalue weighted by Crippen LogP contribution is -2.47. The van der Waals surface area contributed by atoms with Gasteiger partial charge in [-0.05, 0) is 18.4 Å². The fourth-order valence-corrected chi connectivity index (χ4v) is 1.98. The highest BCUT2D eigenvalue weighted by atomic mass is 35.5. The minimum absolute atomic E-state index is 0.132. The number of carbonyl (C=O) groups excluding carboxylic acids is 2. The Morgan fingerprint density at radius 2 is 2.05 bits per heavy atom. The molecule has 0 fully saturated rings. The second-order valence-electron chi connectivity index (χ2n) is 5.24. The summed E-state index contributed by atoms with van der Waals surface area (Å²) in [6.07, 6.45) is 3.47. The van der Waals surface area contributed by atoms with Crippen LogP contribution in [0.4, 0.5) is 0 Å². The molecule has 0 aliphatic heterocycles. The quantitative estimate of drug-likeness (QED) is 0.904. The molecule has 1 aromatic heterocycles. The molecular weight excluding hydrogens is 278 g/mol. The summed E-state index contributed by atoms with van der Waals surface area (Å²) in [5.74, 6) is -0.232. The van der Waals surface area contributed by atoms with Crippen LogP contribution in [0.3, 0.4) is 0 Å². The van der Waals surface area contributed by atoms with Gasteiger partial charge in [0, 0.05) is 26.5 Å². The fraction of sp³-hybridized carbons (Fsp3) is 0.500. The van der Waals surface area contributed by atoms with Crippen molar-refractivity contribution in [3.63, 3.8) is 0 Å². The summed E-state index contributed by atoms with van der Waals surface area (Å²) >= 11 is 5.95. The van der Waals surface area contributed by atoms with E-state index in [4.69, 9.17) is 11.6 Å². The van der Waals surface area contributed by atoms with Gasteiger partial charge in [0.05, 0.1) is 10.6 Å². The van der Waals surface area contributed by atoms with Crippen molar-refractivity contribution in [2.45, 2.75) is 26.3 Å². The monoisotopic (exact) mass is 297 g/mol. The summed E-state index contributed by atoms with van der Waals surface area (Å²) in [6, 6.07) is 0.982. The number of pyridine rings is 1. The molecule has 1 atom stereocenters. The van der Waals surface area contributed by atoms with Gasteiger partial charge in [-0.15, -0.1) is 0 Å². The third kappa shape index (κ3) is 4.49. The van der Waals surface area contributed by atoms with Crippen LogP contribution in [0, 0.1) is 5.92 Å². The van der Waals surface area contributed by atoms with Crippen LogP contribution in [0.25, 0.3) is 0 Å². The molecule has 2 amide bonds. The highest BCUT2D eigenvalue weighted by molar-refractivity contribution is 6.33. The standard InChI is InChI=1S/C14H20ClN3O2/c1-9(2)7-12(14(20)18(3)4)17-13(19)10-8-16-6-5-11(10)15/h5-6,8-9,12H,7H2,1-4H3,(H,17,19). The number of nitrogens with zero attached hydrogens (tertiary/aromatic N) is 2. The van der Waals surface area contributed by atoms with Crippen molar-refractivity contribution >= 4 is 23.4 Å². The smallest absolute Gasteiger partial charge is 0.255 e. The van der Waals surface area contributed by atoms with Crippen molar-refractivity contribution in [1.82, 2.24) is 15.2 Å². The van der Waals surface area contributed by atoms with Gasteiger partial charge in [-0.2, -0.15) is 0 Å². The van der Waals surface area contributed by atoms with Crippen molar-refractivity contribution in [2.24, 2.45) is 5.92 Å². The number of carbonyl (C=O) groups is 2. The Hall–Kier alpha value is -1.62. The molecule has 110 valence electrons. The van der Waals surface area contributed by atoms with E-state index in [1.54, 1.807) is 20.2 Å². The third-order valence-corrected chi connectivity index (χ3v) is 3.09. The van der Waals surface area contributed by atoms with Crippen LogP contribution in [-0.4, -0.2) is 41.8 Å². The van der Waals surface area contributed by atoms with Gasteiger partial charge in [-0.25, -0.2) is 0 Å². The lowest BCUT2D eigenvalue weighted by molar-refractivity contribution is -0.131. The van der Waals surface area contributed by atoms with Gasteiger partial charge in [0.2, 0.25) is 5.91 Å². The maximum atomic E-state index is 12.2. The van der Waals surface area contributed by atoms with Gasteiger partial charge in [0.25, 0.3) is 5.91 Å². The van der Waals surface area contributed by atoms with Crippen LogP contribution in [0.1, 0.15) is 30.6 Å². The number of aromatic nitrogens is 1. The number of hydrogen-bond donors (Lipinski definition) is 1. The summed E-state index contributed by atoms with van der Waals surface area (Å²) in [4.78, 5) is 29.6. The number of likely N-dealkylation sites (N-methyl/N-ethyl adjacent to an activating group) is 1. The average Bonchev–Trinajstić information content (AvgIpc) is 2.36. The normalized spacial score (nSPS) is 12.1. The first-order valence-electron chi connectivity index (χ1n) is 6.44. The van der Waals surface area contributed by atoms with Gasteiger partial charge in [0.15, 0.2) is 0 Å². The molecule has 1 unspecified atom stereocenters. The minimum Gasteiger partial charge on any atom is -0.347 e. The van der Waals surface area contributed by atoms with Gasteiger partial charge in [-0.3, -0.25) is 14.6 Å². The first-order chi connectivity index (χ1) is 9.32. The molecule has 0 aliphatic carbocycles. The van der Waals surface area contributed by atoms with E-state index < -0.39 is 6.04 Å². The number of amides is 2. The Morgan fingerprint density at radius 3 is 2.55 bits per heavy atom. The van der Waals surface area contributed by atoms with Crippen LogP contribution in [0.15, 0.2) is 18.5 Å². The van der Waals surface area contributed by atoms with Crippen molar-refractivity contribution < 1.29 is 9.59 Å². The predicted molar refractivity (Wildman–Crippen MR) is 78.7 cm³/mol. The van der Waals surface area contributed by atoms with Crippen LogP contribution in [0.2, 0.25) is 5.02 Å². The summed E-state index contributed by atoms with van der Waals surface area (Å²) in [5.41, 5.74) is 0.273. The van der Waals surface area contributed by atoms with E-state index >= 15 is 0 Å². The molecule has 0 saturated carbocycles. The molecule has 5 nitrogen and oxygen atoms in total. The first-order valence-corrected chi connectivity index (χ1v) is 6.82. The Bertz CT molecular complexity index is 489. The zero-order chi connectivity index (χ0) is 15.3. The molecule has 0 aliphatic rings. The lowest BCUT2D eigenvalue weighted by atomic mass is 10.0. The van der Waals surface area contributed by atoms with E-state index in [1.807, 2.05) is 13.8 Å². The molecule has 0 spiro atoms. The van der Waals surface area contributed by atoms with Crippen LogP contribution in [-0.2, 0) is 4.79 Å². The van der Waals surface area contributed by atoms with Crippen LogP contribution in [0.5, 0.6) is 0 Å². The molecule has 6 heteroatoms. The SMILES string of the molecule is CC(C)CC(NC(=O)c1cnccc1Cl)C(=O)N(C)C. The summed E-state index contributed by atoms with van der Waals surface area (Å²) in [6.45, 7) is 4.00. The predicted octanol–water partition coefficient (Wildman–Crippen LogP) is 1.97. The molecule has 1 heterocycles. The summed E-state index contributed by atoms with van der Waals surface area (Å²) < 4.78 is 0. The summed E-state index contributed by atoms with van der Waals surface area (Å²) in [5, 5.41) is 3.05. The highest BCUT2D eigenvalue weighted by Crippen LogP contribution is 2.14. The molecule has 0 bridgehead atoms. The second kappa shape index (κ2) is 7.24. The molecule has 1 aromatic rings. The largest absolute Gasteiger partial charge is 0.347 e. The van der Waals surface area contributed by atoms with Gasteiger partial charge >= 0.3 is 0 Å². The molecular formula is C14H20ClN3O2. The molecule has 0 saturated heterocycles. The van der Waals surface area contributed by atoms with Crippen LogP contribution < -0.4 is 5.32 Å². The van der Waals surface area contributed by atoms with Crippen molar-refractivity contribution in [3.05, 3.63) is 29.0 Å². The van der Waals surface area contributed by atoms with E-state index in [1.165, 1.54) is 17.3 Å². The Kier molecular flexibility index (Phi) is 5.95. The van der Waals surface area contributed by atoms with Gasteiger partial charge in [0.1, 0.15) is 6.04 Å². The zero-order valence-corrected chi connectivity index (χ0v) is 12.9. The number of hydrogen-bond acceptors (Lipinski definition) is 3. The van der Waals surface area contributed by atoms with Gasteiger partial charge < -0.3 is 10.2 Å². The minimum atomic E-state index is -0.561. The molecule has 1 rings (SSSR count). The Morgan fingerprint density at radius 1 is 1.40 bits per heavy atom. The molecule has 0 radical (unpaired) electrons. The fourth-order valence-electron chi connectivity index (χ4n) is 1.79. The van der Waals surface area contributed by atoms with Crippen molar-refractivity contribution in [1.29, 1.82) is 0 Å². The van der Waals surface area contributed by atoms with E-state index in [2.05, 4.69) is 10.3 Å². The topological polar surface area (TPSA) is 62.3 Å². The Labute approximate surface area is 124 Å². The maximum absolute atomic E-state index is 12.2. The Balaban J connectivity index is 2.87. The van der Waals surface area contributed by atoms with E-state index in [9.17, 15) is 9.59 Å². The summed E-state index contributed by atoms with van der Waals surface area (Å²) in [7, 11) is 3.33. The lowest BCUT2D eigenvalue weighted by Gasteiger charge is -2.23.